The number of aryl methyl sites for hydroxylation is 2. The molecule has 0 fully saturated rings. The lowest BCUT2D eigenvalue weighted by Crippen LogP contribution is -2.13. The molecule has 4 heteroatoms. The fourth-order valence-electron chi connectivity index (χ4n) is 2.44. The second-order valence-corrected chi connectivity index (χ2v) is 4.91. The highest BCUT2D eigenvalue weighted by Crippen LogP contribution is 2.33. The minimum Gasteiger partial charge on any atom is -0.313 e. The molecule has 0 aliphatic heterocycles. The summed E-state index contributed by atoms with van der Waals surface area (Å²) >= 11 is 0. The van der Waals surface area contributed by atoms with Gasteiger partial charge in [-0.1, -0.05) is 6.07 Å². The second-order valence-electron chi connectivity index (χ2n) is 4.91. The number of halogens is 1. The van der Waals surface area contributed by atoms with E-state index in [1.54, 1.807) is 6.07 Å². The maximum absolute atomic E-state index is 13.6. The molecule has 2 rings (SSSR count). The Bertz CT molecular complexity index is 602. The zero-order chi connectivity index (χ0) is 14.2. The van der Waals surface area contributed by atoms with Crippen LogP contribution in [0.4, 0.5) is 4.39 Å². The minimum absolute atomic E-state index is 0.162. The van der Waals surface area contributed by atoms with Crippen molar-refractivity contribution >= 4 is 0 Å². The van der Waals surface area contributed by atoms with Gasteiger partial charge >= 0.3 is 0 Å². The normalized spacial score (nSPS) is 12.7. The number of nitrogens with zero attached hydrogens (tertiary/aromatic N) is 2. The van der Waals surface area contributed by atoms with Gasteiger partial charge in [-0.25, -0.2) is 4.39 Å². The summed E-state index contributed by atoms with van der Waals surface area (Å²) in [7, 11) is 3.81. The third-order valence-corrected chi connectivity index (χ3v) is 3.69. The number of benzene rings is 1. The van der Waals surface area contributed by atoms with Crippen molar-refractivity contribution in [1.29, 1.82) is 0 Å². The maximum atomic E-state index is 13.6. The van der Waals surface area contributed by atoms with Gasteiger partial charge in [0, 0.05) is 24.3 Å². The maximum Gasteiger partial charge on any atom is 0.123 e. The lowest BCUT2D eigenvalue weighted by atomic mass is 9.94. The summed E-state index contributed by atoms with van der Waals surface area (Å²) in [6, 6.07) is 5.11. The molecule has 1 aromatic carbocycles. The van der Waals surface area contributed by atoms with Crippen LogP contribution < -0.4 is 5.32 Å². The van der Waals surface area contributed by atoms with Crippen molar-refractivity contribution in [3.8, 4) is 11.1 Å². The Hall–Kier alpha value is -1.68. The summed E-state index contributed by atoms with van der Waals surface area (Å²) in [5, 5.41) is 7.62. The van der Waals surface area contributed by atoms with E-state index in [2.05, 4.69) is 17.3 Å². The van der Waals surface area contributed by atoms with Crippen LogP contribution in [0.1, 0.15) is 29.9 Å². The number of rotatable bonds is 3. The molecule has 0 bridgehead atoms. The Morgan fingerprint density at radius 3 is 2.53 bits per heavy atom. The van der Waals surface area contributed by atoms with Gasteiger partial charge in [-0.2, -0.15) is 5.10 Å². The highest BCUT2D eigenvalue weighted by atomic mass is 19.1. The van der Waals surface area contributed by atoms with Crippen molar-refractivity contribution in [2.45, 2.75) is 26.8 Å². The molecule has 0 radical (unpaired) electrons. The first-order valence-corrected chi connectivity index (χ1v) is 6.43. The van der Waals surface area contributed by atoms with E-state index in [1.807, 2.05) is 38.7 Å². The first kappa shape index (κ1) is 13.7. The molecule has 3 nitrogen and oxygen atoms in total. The largest absolute Gasteiger partial charge is 0.313 e. The van der Waals surface area contributed by atoms with Crippen molar-refractivity contribution in [2.24, 2.45) is 7.05 Å². The van der Waals surface area contributed by atoms with Crippen LogP contribution in [0.3, 0.4) is 0 Å². The summed E-state index contributed by atoms with van der Waals surface area (Å²) in [5.74, 6) is -0.218. The molecule has 1 unspecified atom stereocenters. The van der Waals surface area contributed by atoms with Crippen LogP contribution >= 0.6 is 0 Å². The predicted molar refractivity (Wildman–Crippen MR) is 75.6 cm³/mol. The van der Waals surface area contributed by atoms with Crippen LogP contribution in [0.25, 0.3) is 11.1 Å². The molecule has 2 aromatic rings. The summed E-state index contributed by atoms with van der Waals surface area (Å²) in [4.78, 5) is 0. The van der Waals surface area contributed by atoms with E-state index in [0.717, 1.165) is 28.1 Å². The summed E-state index contributed by atoms with van der Waals surface area (Å²) in [5.41, 5.74) is 5.01. The number of nitrogens with one attached hydrogen (secondary N) is 1. The van der Waals surface area contributed by atoms with Crippen molar-refractivity contribution in [2.75, 3.05) is 7.05 Å². The first-order valence-electron chi connectivity index (χ1n) is 6.43. The van der Waals surface area contributed by atoms with Gasteiger partial charge in [0.1, 0.15) is 5.82 Å². The smallest absolute Gasteiger partial charge is 0.123 e. The van der Waals surface area contributed by atoms with Crippen LogP contribution in [-0.4, -0.2) is 16.8 Å². The van der Waals surface area contributed by atoms with Crippen molar-refractivity contribution in [1.82, 2.24) is 15.1 Å². The fraction of sp³-hybridized carbons (Fsp3) is 0.400. The Balaban J connectivity index is 2.70. The Morgan fingerprint density at radius 1 is 1.32 bits per heavy atom. The highest BCUT2D eigenvalue weighted by molar-refractivity contribution is 5.72. The summed E-state index contributed by atoms with van der Waals surface area (Å²) in [6.45, 7) is 6.03. The summed E-state index contributed by atoms with van der Waals surface area (Å²) in [6.07, 6.45) is 0. The van der Waals surface area contributed by atoms with Gasteiger partial charge in [-0.15, -0.1) is 0 Å². The second kappa shape index (κ2) is 5.13. The molecular weight excluding hydrogens is 241 g/mol. The molecule has 102 valence electrons. The monoisotopic (exact) mass is 261 g/mol. The van der Waals surface area contributed by atoms with Gasteiger partial charge in [0.25, 0.3) is 0 Å². The van der Waals surface area contributed by atoms with Gasteiger partial charge in [-0.05, 0) is 51.1 Å². The van der Waals surface area contributed by atoms with Crippen LogP contribution in [0.2, 0.25) is 0 Å². The fourth-order valence-corrected chi connectivity index (χ4v) is 2.44. The number of aromatic nitrogens is 2. The third kappa shape index (κ3) is 2.40. The zero-order valence-electron chi connectivity index (χ0n) is 12.1. The van der Waals surface area contributed by atoms with Crippen LogP contribution in [0, 0.1) is 19.7 Å². The Kier molecular flexibility index (Phi) is 3.71. The average molecular weight is 261 g/mol. The van der Waals surface area contributed by atoms with E-state index in [0.29, 0.717) is 0 Å². The van der Waals surface area contributed by atoms with Gasteiger partial charge in [0.2, 0.25) is 0 Å². The number of hydrogen-bond donors (Lipinski definition) is 1. The van der Waals surface area contributed by atoms with Crippen molar-refractivity contribution in [3.63, 3.8) is 0 Å². The molecule has 1 atom stereocenters. The van der Waals surface area contributed by atoms with E-state index in [9.17, 15) is 4.39 Å². The van der Waals surface area contributed by atoms with E-state index in [1.165, 1.54) is 6.07 Å². The van der Waals surface area contributed by atoms with Gasteiger partial charge in [-0.3, -0.25) is 4.68 Å². The molecule has 1 aromatic heterocycles. The van der Waals surface area contributed by atoms with E-state index in [-0.39, 0.29) is 11.9 Å². The molecule has 0 amide bonds. The standard InChI is InChI=1S/C15H20FN3/c1-9(17-4)13-7-6-12(16)8-14(13)15-10(2)18-19(5)11(15)3/h6-9,17H,1-5H3. The molecule has 0 aliphatic rings. The Labute approximate surface area is 113 Å². The van der Waals surface area contributed by atoms with Crippen molar-refractivity contribution < 1.29 is 4.39 Å². The molecule has 0 saturated carbocycles. The summed E-state index contributed by atoms with van der Waals surface area (Å²) < 4.78 is 15.5. The molecular formula is C15H20FN3. The SMILES string of the molecule is CNC(C)c1ccc(F)cc1-c1c(C)nn(C)c1C. The van der Waals surface area contributed by atoms with Gasteiger partial charge in [0.15, 0.2) is 0 Å². The molecule has 0 saturated heterocycles. The van der Waals surface area contributed by atoms with Crippen LogP contribution in [0.15, 0.2) is 18.2 Å². The van der Waals surface area contributed by atoms with E-state index in [4.69, 9.17) is 0 Å². The van der Waals surface area contributed by atoms with E-state index < -0.39 is 0 Å². The average Bonchev–Trinajstić information content (AvgIpc) is 2.62. The zero-order valence-corrected chi connectivity index (χ0v) is 12.1. The molecule has 19 heavy (non-hydrogen) atoms. The molecule has 0 aliphatic carbocycles. The van der Waals surface area contributed by atoms with E-state index >= 15 is 0 Å². The Morgan fingerprint density at radius 2 is 2.00 bits per heavy atom. The molecule has 1 heterocycles. The van der Waals surface area contributed by atoms with Gasteiger partial charge < -0.3 is 5.32 Å². The highest BCUT2D eigenvalue weighted by Gasteiger charge is 2.18. The number of hydrogen-bond acceptors (Lipinski definition) is 2. The topological polar surface area (TPSA) is 29.9 Å². The quantitative estimate of drug-likeness (QED) is 0.920. The van der Waals surface area contributed by atoms with Crippen LogP contribution in [-0.2, 0) is 7.05 Å². The predicted octanol–water partition coefficient (Wildman–Crippen LogP) is 3.12. The van der Waals surface area contributed by atoms with Crippen LogP contribution in [0.5, 0.6) is 0 Å². The van der Waals surface area contributed by atoms with Gasteiger partial charge in [0.05, 0.1) is 5.69 Å². The first-order chi connectivity index (χ1) is 8.95. The molecule has 1 N–H and O–H groups in total. The minimum atomic E-state index is -0.218. The lowest BCUT2D eigenvalue weighted by molar-refractivity contribution is 0.620. The van der Waals surface area contributed by atoms with Crippen molar-refractivity contribution in [3.05, 3.63) is 41.0 Å². The third-order valence-electron chi connectivity index (χ3n) is 3.69. The lowest BCUT2D eigenvalue weighted by Gasteiger charge is -2.16. The molecule has 0 spiro atoms.